The van der Waals surface area contributed by atoms with Crippen molar-refractivity contribution in [1.29, 1.82) is 0 Å². The Bertz CT molecular complexity index is 1360. The number of carbonyl (C=O) groups excluding carboxylic acids is 2. The zero-order valence-electron chi connectivity index (χ0n) is 19.1. The minimum absolute atomic E-state index is 0.208. The molecule has 7 heteroatoms. The van der Waals surface area contributed by atoms with E-state index in [1.807, 2.05) is 41.9 Å². The van der Waals surface area contributed by atoms with E-state index in [4.69, 9.17) is 9.84 Å². The Morgan fingerprint density at radius 2 is 1.71 bits per heavy atom. The predicted octanol–water partition coefficient (Wildman–Crippen LogP) is 5.79. The molecule has 4 rings (SSSR count). The predicted molar refractivity (Wildman–Crippen MR) is 129 cm³/mol. The van der Waals surface area contributed by atoms with E-state index in [9.17, 15) is 14.0 Å². The van der Waals surface area contributed by atoms with Crippen LogP contribution in [0.1, 0.15) is 29.8 Å². The third kappa shape index (κ3) is 4.73. The van der Waals surface area contributed by atoms with Gasteiger partial charge in [-0.2, -0.15) is 5.10 Å². The van der Waals surface area contributed by atoms with Crippen LogP contribution in [0.5, 0.6) is 0 Å². The van der Waals surface area contributed by atoms with Crippen molar-refractivity contribution in [3.05, 3.63) is 89.7 Å². The van der Waals surface area contributed by atoms with E-state index < -0.39 is 5.97 Å². The van der Waals surface area contributed by atoms with Gasteiger partial charge in [0.15, 0.2) is 0 Å². The third-order valence-corrected chi connectivity index (χ3v) is 5.31. The van der Waals surface area contributed by atoms with Crippen molar-refractivity contribution in [2.75, 3.05) is 11.9 Å². The molecule has 0 aliphatic heterocycles. The fraction of sp³-hybridized carbons (Fsp3) is 0.148. The highest BCUT2D eigenvalue weighted by Gasteiger charge is 2.19. The fourth-order valence-corrected chi connectivity index (χ4v) is 3.71. The molecule has 0 spiro atoms. The lowest BCUT2D eigenvalue weighted by molar-refractivity contribution is -0.114. The fourth-order valence-electron chi connectivity index (χ4n) is 3.71. The van der Waals surface area contributed by atoms with Crippen molar-refractivity contribution < 1.29 is 18.7 Å². The number of hydrogen-bond acceptors (Lipinski definition) is 4. The lowest BCUT2D eigenvalue weighted by Crippen LogP contribution is -2.13. The summed E-state index contributed by atoms with van der Waals surface area (Å²) < 4.78 is 20.6. The van der Waals surface area contributed by atoms with Crippen LogP contribution in [0.3, 0.4) is 0 Å². The van der Waals surface area contributed by atoms with Gasteiger partial charge in [-0.15, -0.1) is 0 Å². The molecular weight excluding hydrogens is 433 g/mol. The van der Waals surface area contributed by atoms with Gasteiger partial charge in [0.2, 0.25) is 5.91 Å². The zero-order valence-corrected chi connectivity index (χ0v) is 19.1. The van der Waals surface area contributed by atoms with E-state index >= 15 is 0 Å². The minimum atomic E-state index is -0.537. The standard InChI is InChI=1S/C27H24FN3O3/c1-4-34-27(33)22-15-20(11-14-23(22)29-18(3)32)24-16-26(19-9-12-21(28)13-10-19)31(30-24)25-8-6-5-7-17(25)2/h5-16H,4H2,1-3H3,(H,29,32). The topological polar surface area (TPSA) is 73.2 Å². The van der Waals surface area contributed by atoms with Crippen LogP contribution in [0, 0.1) is 12.7 Å². The van der Waals surface area contributed by atoms with Gasteiger partial charge < -0.3 is 10.1 Å². The molecule has 0 fully saturated rings. The van der Waals surface area contributed by atoms with Crippen molar-refractivity contribution in [3.63, 3.8) is 0 Å². The van der Waals surface area contributed by atoms with Crippen LogP contribution in [0.2, 0.25) is 0 Å². The summed E-state index contributed by atoms with van der Waals surface area (Å²) in [6.07, 6.45) is 0. The summed E-state index contributed by atoms with van der Waals surface area (Å²) in [4.78, 5) is 24.2. The van der Waals surface area contributed by atoms with Crippen LogP contribution in [0.25, 0.3) is 28.2 Å². The molecule has 1 heterocycles. The van der Waals surface area contributed by atoms with Crippen molar-refractivity contribution in [3.8, 4) is 28.2 Å². The van der Waals surface area contributed by atoms with Gasteiger partial charge in [0.05, 0.1) is 34.9 Å². The summed E-state index contributed by atoms with van der Waals surface area (Å²) in [5.74, 6) is -1.15. The normalized spacial score (nSPS) is 10.7. The monoisotopic (exact) mass is 457 g/mol. The number of esters is 1. The van der Waals surface area contributed by atoms with Crippen LogP contribution < -0.4 is 5.32 Å². The number of hydrogen-bond donors (Lipinski definition) is 1. The molecule has 1 N–H and O–H groups in total. The summed E-state index contributed by atoms with van der Waals surface area (Å²) >= 11 is 0. The molecule has 34 heavy (non-hydrogen) atoms. The number of aryl methyl sites for hydroxylation is 1. The van der Waals surface area contributed by atoms with E-state index in [2.05, 4.69) is 5.32 Å². The lowest BCUT2D eigenvalue weighted by Gasteiger charge is -2.11. The molecule has 0 saturated heterocycles. The molecular formula is C27H24FN3O3. The van der Waals surface area contributed by atoms with E-state index in [0.717, 1.165) is 22.5 Å². The van der Waals surface area contributed by atoms with Crippen molar-refractivity contribution in [2.24, 2.45) is 0 Å². The Morgan fingerprint density at radius 3 is 2.38 bits per heavy atom. The number of anilines is 1. The van der Waals surface area contributed by atoms with Crippen molar-refractivity contribution >= 4 is 17.6 Å². The number of nitrogens with one attached hydrogen (secondary N) is 1. The maximum atomic E-state index is 13.6. The molecule has 0 aliphatic rings. The van der Waals surface area contributed by atoms with Crippen LogP contribution in [-0.2, 0) is 9.53 Å². The lowest BCUT2D eigenvalue weighted by atomic mass is 10.0. The second-order valence-electron chi connectivity index (χ2n) is 7.78. The van der Waals surface area contributed by atoms with E-state index in [0.29, 0.717) is 16.9 Å². The van der Waals surface area contributed by atoms with Gasteiger partial charge in [0, 0.05) is 18.1 Å². The number of ether oxygens (including phenoxy) is 1. The molecule has 4 aromatic rings. The third-order valence-electron chi connectivity index (χ3n) is 5.31. The highest BCUT2D eigenvalue weighted by Crippen LogP contribution is 2.32. The first kappa shape index (κ1) is 22.9. The number of benzene rings is 3. The molecule has 0 saturated carbocycles. The molecule has 1 amide bonds. The largest absolute Gasteiger partial charge is 0.462 e. The minimum Gasteiger partial charge on any atom is -0.462 e. The van der Waals surface area contributed by atoms with Gasteiger partial charge in [-0.1, -0.05) is 24.3 Å². The van der Waals surface area contributed by atoms with Gasteiger partial charge >= 0.3 is 5.97 Å². The summed E-state index contributed by atoms with van der Waals surface area (Å²) in [6.45, 7) is 5.30. The number of amides is 1. The van der Waals surface area contributed by atoms with Gasteiger partial charge in [-0.3, -0.25) is 4.79 Å². The Balaban J connectivity index is 1.88. The summed E-state index contributed by atoms with van der Waals surface area (Å²) in [5, 5.41) is 7.50. The SMILES string of the molecule is CCOC(=O)c1cc(-c2cc(-c3ccc(F)cc3)n(-c3ccccc3C)n2)ccc1NC(C)=O. The number of halogens is 1. The maximum absolute atomic E-state index is 13.6. The number of aromatic nitrogens is 2. The first-order chi connectivity index (χ1) is 16.4. The summed E-state index contributed by atoms with van der Waals surface area (Å²) in [5.41, 5.74) is 5.37. The second-order valence-corrected chi connectivity index (χ2v) is 7.78. The van der Waals surface area contributed by atoms with Gasteiger partial charge in [0.1, 0.15) is 5.82 Å². The molecule has 0 unspecified atom stereocenters. The zero-order chi connectivity index (χ0) is 24.2. The Hall–Kier alpha value is -4.26. The van der Waals surface area contributed by atoms with Gasteiger partial charge in [-0.25, -0.2) is 13.9 Å². The molecule has 1 aromatic heterocycles. The van der Waals surface area contributed by atoms with Gasteiger partial charge in [0.25, 0.3) is 0 Å². The molecule has 0 atom stereocenters. The molecule has 0 radical (unpaired) electrons. The van der Waals surface area contributed by atoms with E-state index in [1.165, 1.54) is 19.1 Å². The van der Waals surface area contributed by atoms with Crippen molar-refractivity contribution in [2.45, 2.75) is 20.8 Å². The number of para-hydroxylation sites is 1. The van der Waals surface area contributed by atoms with E-state index in [-0.39, 0.29) is 23.9 Å². The number of carbonyl (C=O) groups is 2. The molecule has 6 nitrogen and oxygen atoms in total. The first-order valence-electron chi connectivity index (χ1n) is 10.9. The van der Waals surface area contributed by atoms with Crippen LogP contribution in [-0.4, -0.2) is 28.3 Å². The van der Waals surface area contributed by atoms with Crippen molar-refractivity contribution in [1.82, 2.24) is 9.78 Å². The second kappa shape index (κ2) is 9.70. The van der Waals surface area contributed by atoms with Crippen LogP contribution in [0.15, 0.2) is 72.8 Å². The Morgan fingerprint density at radius 1 is 1.00 bits per heavy atom. The maximum Gasteiger partial charge on any atom is 0.340 e. The Kier molecular flexibility index (Phi) is 6.54. The van der Waals surface area contributed by atoms with Crippen LogP contribution in [0.4, 0.5) is 10.1 Å². The highest BCUT2D eigenvalue weighted by atomic mass is 19.1. The quantitative estimate of drug-likeness (QED) is 0.372. The number of nitrogens with zero attached hydrogens (tertiary/aromatic N) is 2. The average Bonchev–Trinajstić information content (AvgIpc) is 3.25. The van der Waals surface area contributed by atoms with Crippen LogP contribution >= 0.6 is 0 Å². The van der Waals surface area contributed by atoms with Gasteiger partial charge in [-0.05, 0) is 67.9 Å². The number of rotatable bonds is 6. The summed E-state index contributed by atoms with van der Waals surface area (Å²) in [6, 6.07) is 21.0. The summed E-state index contributed by atoms with van der Waals surface area (Å²) in [7, 11) is 0. The molecule has 0 bridgehead atoms. The Labute approximate surface area is 197 Å². The first-order valence-corrected chi connectivity index (χ1v) is 10.9. The smallest absolute Gasteiger partial charge is 0.340 e. The van der Waals surface area contributed by atoms with E-state index in [1.54, 1.807) is 37.3 Å². The molecule has 0 aliphatic carbocycles. The highest BCUT2D eigenvalue weighted by molar-refractivity contribution is 6.01. The average molecular weight is 458 g/mol. The molecule has 3 aromatic carbocycles. The molecule has 172 valence electrons.